The van der Waals surface area contributed by atoms with Crippen molar-refractivity contribution >= 4 is 45.1 Å². The van der Waals surface area contributed by atoms with Crippen LogP contribution in [0.1, 0.15) is 100.0 Å². The summed E-state index contributed by atoms with van der Waals surface area (Å²) in [5.41, 5.74) is 3.77. The number of carbonyl (C=O) groups excluding carboxylic acids is 1. The fourth-order valence-corrected chi connectivity index (χ4v) is 7.52. The molecule has 238 valence electrons. The second kappa shape index (κ2) is 13.6. The predicted octanol–water partition coefficient (Wildman–Crippen LogP) is 7.32. The number of ketones is 1. The maximum atomic E-state index is 13.6. The minimum Gasteiger partial charge on any atom is -0.871 e. The normalized spacial score (nSPS) is 17.4. The number of hydrogen-bond acceptors (Lipinski definition) is 6. The number of allylic oxidation sites excluding steroid dienone is 4. The maximum Gasteiger partial charge on any atom is 0.335 e. The first kappa shape index (κ1) is 32.5. The van der Waals surface area contributed by atoms with Gasteiger partial charge in [0.05, 0.1) is 18.7 Å². The van der Waals surface area contributed by atoms with Crippen LogP contribution in [0.5, 0.6) is 5.75 Å². The summed E-state index contributed by atoms with van der Waals surface area (Å²) in [5, 5.41) is 24.2. The number of aryl methyl sites for hydroxylation is 1. The molecule has 0 saturated heterocycles. The van der Waals surface area contributed by atoms with Gasteiger partial charge in [0.1, 0.15) is 10.4 Å². The molecule has 2 heterocycles. The van der Waals surface area contributed by atoms with Crippen molar-refractivity contribution in [2.24, 2.45) is 0 Å². The standard InChI is InChI=1S/C37H44N2O5S/c1-6-8-10-12-18-38-29-16-14-24(36(42)43)20-28(29)37(3,4)32(38)22-26-34(40)27(35(26)41)23-33-39(19-13-11-9-7-2)30-21-25(44-5)15-17-31(30)45-33/h14-17,20-23H,6-13,18-19H2,1-5H3,(H-,40,41,42,43). The smallest absolute Gasteiger partial charge is 0.335 e. The number of fused-ring (bicyclic) bond motifs is 2. The SMILES string of the molecule is CCCCCCN1/C(=C/C2=C([O-])C(=C\c3sc4ccc(OC)cc4[n+]3CCCCCC)/C2=O)C(C)(C)c2cc(C(=O)O)ccc21. The molecule has 0 unspecified atom stereocenters. The van der Waals surface area contributed by atoms with E-state index in [9.17, 15) is 19.8 Å². The molecule has 0 bridgehead atoms. The summed E-state index contributed by atoms with van der Waals surface area (Å²) in [6.45, 7) is 9.96. The van der Waals surface area contributed by atoms with Crippen LogP contribution in [0.2, 0.25) is 0 Å². The highest BCUT2D eigenvalue weighted by atomic mass is 32.1. The van der Waals surface area contributed by atoms with Gasteiger partial charge in [-0.25, -0.2) is 4.79 Å². The van der Waals surface area contributed by atoms with Gasteiger partial charge in [-0.1, -0.05) is 76.9 Å². The topological polar surface area (TPSA) is 93.8 Å². The van der Waals surface area contributed by atoms with E-state index in [2.05, 4.69) is 23.3 Å². The van der Waals surface area contributed by atoms with Gasteiger partial charge in [0.2, 0.25) is 5.52 Å². The van der Waals surface area contributed by atoms with E-state index >= 15 is 0 Å². The van der Waals surface area contributed by atoms with Gasteiger partial charge in [-0.15, -0.1) is 0 Å². The number of nitrogens with zero attached hydrogens (tertiary/aromatic N) is 2. The van der Waals surface area contributed by atoms with Gasteiger partial charge in [0.25, 0.3) is 5.01 Å². The fourth-order valence-electron chi connectivity index (χ4n) is 6.40. The number of hydrogen-bond donors (Lipinski definition) is 1. The lowest BCUT2D eigenvalue weighted by Crippen LogP contribution is -2.36. The number of carboxylic acids is 1. The molecule has 45 heavy (non-hydrogen) atoms. The molecule has 3 aromatic rings. The van der Waals surface area contributed by atoms with E-state index in [0.29, 0.717) is 0 Å². The predicted molar refractivity (Wildman–Crippen MR) is 179 cm³/mol. The lowest BCUT2D eigenvalue weighted by molar-refractivity contribution is -0.669. The van der Waals surface area contributed by atoms with Gasteiger partial charge < -0.3 is 19.8 Å². The molecule has 0 atom stereocenters. The number of Topliss-reactive ketones (excluding diaryl/α,β-unsaturated/α-hetero) is 1. The number of aromatic nitrogens is 1. The lowest BCUT2D eigenvalue weighted by atomic mass is 9.80. The molecule has 8 heteroatoms. The van der Waals surface area contributed by atoms with Crippen molar-refractivity contribution in [1.82, 2.24) is 0 Å². The van der Waals surface area contributed by atoms with Crippen molar-refractivity contribution < 1.29 is 29.1 Å². The Hall–Kier alpha value is -3.91. The van der Waals surface area contributed by atoms with E-state index in [-0.39, 0.29) is 28.3 Å². The van der Waals surface area contributed by atoms with Gasteiger partial charge in [0.15, 0.2) is 12.3 Å². The van der Waals surface area contributed by atoms with Crippen LogP contribution < -0.4 is 19.3 Å². The highest BCUT2D eigenvalue weighted by molar-refractivity contribution is 7.18. The van der Waals surface area contributed by atoms with Crippen LogP contribution in [0, 0.1) is 0 Å². The summed E-state index contributed by atoms with van der Waals surface area (Å²) >= 11 is 1.58. The Bertz CT molecular complexity index is 1710. The Kier molecular flexibility index (Phi) is 9.82. The van der Waals surface area contributed by atoms with Crippen molar-refractivity contribution in [3.63, 3.8) is 0 Å². The quantitative estimate of drug-likeness (QED) is 0.114. The summed E-state index contributed by atoms with van der Waals surface area (Å²) in [5.74, 6) is -0.695. The number of rotatable bonds is 14. The molecule has 0 spiro atoms. The lowest BCUT2D eigenvalue weighted by Gasteiger charge is -2.32. The van der Waals surface area contributed by atoms with Gasteiger partial charge in [-0.3, -0.25) is 4.79 Å². The van der Waals surface area contributed by atoms with E-state index in [4.69, 9.17) is 4.74 Å². The average Bonchev–Trinajstić information content (AvgIpc) is 3.48. The molecule has 1 aliphatic carbocycles. The molecule has 7 nitrogen and oxygen atoms in total. The molecule has 0 fully saturated rings. The van der Waals surface area contributed by atoms with Crippen LogP contribution in [0.3, 0.4) is 0 Å². The minimum absolute atomic E-state index is 0.187. The summed E-state index contributed by atoms with van der Waals surface area (Å²) in [4.78, 5) is 27.6. The number of carboxylic acid groups (broad SMARTS) is 1. The number of anilines is 1. The fraction of sp³-hybridized carbons (Fsp3) is 0.432. The van der Waals surface area contributed by atoms with E-state index in [1.165, 1.54) is 6.42 Å². The Morgan fingerprint density at radius 1 is 1.02 bits per heavy atom. The Morgan fingerprint density at radius 2 is 1.76 bits per heavy atom. The number of unbranched alkanes of at least 4 members (excludes halogenated alkanes) is 6. The number of benzene rings is 2. The summed E-state index contributed by atoms with van der Waals surface area (Å²) < 4.78 is 8.77. The van der Waals surface area contributed by atoms with E-state index < -0.39 is 11.4 Å². The molecule has 0 radical (unpaired) electrons. The van der Waals surface area contributed by atoms with Crippen LogP contribution in [0.4, 0.5) is 5.69 Å². The molecular weight excluding hydrogens is 584 g/mol. The number of ether oxygens (including phenoxy) is 1. The minimum atomic E-state index is -0.976. The van der Waals surface area contributed by atoms with E-state index in [0.717, 1.165) is 96.0 Å². The first-order valence-corrected chi connectivity index (χ1v) is 17.0. The summed E-state index contributed by atoms with van der Waals surface area (Å²) in [6, 6.07) is 11.2. The molecular formula is C37H44N2O5S. The number of aromatic carboxylic acids is 1. The van der Waals surface area contributed by atoms with Crippen LogP contribution in [-0.2, 0) is 16.8 Å². The third-order valence-corrected chi connectivity index (χ3v) is 10.2. The molecule has 1 N–H and O–H groups in total. The highest BCUT2D eigenvalue weighted by Gasteiger charge is 2.42. The first-order valence-electron chi connectivity index (χ1n) is 16.2. The molecule has 0 saturated carbocycles. The summed E-state index contributed by atoms with van der Waals surface area (Å²) in [7, 11) is 1.65. The maximum absolute atomic E-state index is 13.6. The van der Waals surface area contributed by atoms with E-state index in [1.807, 2.05) is 38.1 Å². The van der Waals surface area contributed by atoms with Crippen molar-refractivity contribution in [3.05, 3.63) is 81.2 Å². The monoisotopic (exact) mass is 628 g/mol. The third-order valence-electron chi connectivity index (χ3n) is 9.07. The van der Waals surface area contributed by atoms with Crippen LogP contribution >= 0.6 is 11.3 Å². The second-order valence-corrected chi connectivity index (χ2v) is 13.6. The Labute approximate surface area is 270 Å². The molecule has 1 aliphatic heterocycles. The van der Waals surface area contributed by atoms with Gasteiger partial charge >= 0.3 is 5.97 Å². The van der Waals surface area contributed by atoms with Crippen molar-refractivity contribution in [1.29, 1.82) is 0 Å². The summed E-state index contributed by atoms with van der Waals surface area (Å²) in [6.07, 6.45) is 12.2. The zero-order valence-electron chi connectivity index (χ0n) is 27.1. The first-order chi connectivity index (χ1) is 21.6. The van der Waals surface area contributed by atoms with Crippen LogP contribution in [-0.4, -0.2) is 30.5 Å². The molecule has 0 amide bonds. The Balaban J connectivity index is 1.53. The third kappa shape index (κ3) is 6.30. The molecule has 5 rings (SSSR count). The van der Waals surface area contributed by atoms with Gasteiger partial charge in [-0.2, -0.15) is 4.57 Å². The van der Waals surface area contributed by atoms with Crippen molar-refractivity contribution in [2.75, 3.05) is 18.6 Å². The largest absolute Gasteiger partial charge is 0.871 e. The average molecular weight is 629 g/mol. The van der Waals surface area contributed by atoms with Crippen molar-refractivity contribution in [3.8, 4) is 5.75 Å². The second-order valence-electron chi connectivity index (χ2n) is 12.5. The number of thiazole rings is 1. The number of carbonyl (C=O) groups is 2. The zero-order chi connectivity index (χ0) is 32.3. The molecule has 1 aromatic heterocycles. The molecule has 2 aliphatic rings. The van der Waals surface area contributed by atoms with Gasteiger partial charge in [0, 0.05) is 47.0 Å². The highest BCUT2D eigenvalue weighted by Crippen LogP contribution is 2.49. The molecule has 2 aromatic carbocycles. The van der Waals surface area contributed by atoms with E-state index in [1.54, 1.807) is 42.7 Å². The van der Waals surface area contributed by atoms with Gasteiger partial charge in [-0.05, 0) is 54.8 Å². The van der Waals surface area contributed by atoms with Crippen LogP contribution in [0.15, 0.2) is 65.1 Å². The number of methoxy groups -OCH3 is 1. The zero-order valence-corrected chi connectivity index (χ0v) is 27.9. The van der Waals surface area contributed by atoms with Crippen LogP contribution in [0.25, 0.3) is 16.3 Å². The Morgan fingerprint density at radius 3 is 2.42 bits per heavy atom. The van der Waals surface area contributed by atoms with Crippen molar-refractivity contribution in [2.45, 2.75) is 91.0 Å².